The second-order valence-electron chi connectivity index (χ2n) is 3.85. The van der Waals surface area contributed by atoms with Crippen LogP contribution in [0.5, 0.6) is 5.75 Å². The van der Waals surface area contributed by atoms with Crippen molar-refractivity contribution in [2.45, 2.75) is 13.8 Å². The predicted molar refractivity (Wildman–Crippen MR) is 68.9 cm³/mol. The number of hydrogen-bond donors (Lipinski definition) is 1. The Hall–Kier alpha value is -1.52. The summed E-state index contributed by atoms with van der Waals surface area (Å²) < 4.78 is 4.98. The average Bonchev–Trinajstić information content (AvgIpc) is 2.31. The van der Waals surface area contributed by atoms with Gasteiger partial charge >= 0.3 is 5.63 Å². The molecule has 1 N–H and O–H groups in total. The van der Waals surface area contributed by atoms with Crippen LogP contribution >= 0.6 is 23.2 Å². The third kappa shape index (κ3) is 1.78. The largest absolute Gasteiger partial charge is 0.507 e. The first-order chi connectivity index (χ1) is 8.34. The van der Waals surface area contributed by atoms with Crippen LogP contribution < -0.4 is 5.63 Å². The van der Waals surface area contributed by atoms with Gasteiger partial charge in [-0.2, -0.15) is 0 Å². The maximum absolute atomic E-state index is 11.4. The molecule has 4 nitrogen and oxygen atoms in total. The monoisotopic (exact) mass is 286 g/mol. The molecule has 0 fully saturated rings. The fourth-order valence-corrected chi connectivity index (χ4v) is 2.06. The summed E-state index contributed by atoms with van der Waals surface area (Å²) in [5, 5.41) is 9.94. The Morgan fingerprint density at radius 1 is 1.33 bits per heavy atom. The summed E-state index contributed by atoms with van der Waals surface area (Å²) in [5.74, 6) is -0.549. The van der Waals surface area contributed by atoms with Gasteiger partial charge in [-0.15, -0.1) is 0 Å². The molecule has 2 rings (SSSR count). The molecule has 6 heteroatoms. The van der Waals surface area contributed by atoms with Gasteiger partial charge in [-0.25, -0.2) is 4.79 Å². The lowest BCUT2D eigenvalue weighted by Gasteiger charge is -2.09. The second kappa shape index (κ2) is 4.30. The van der Waals surface area contributed by atoms with E-state index in [1.54, 1.807) is 0 Å². The maximum atomic E-state index is 11.4. The molecule has 0 saturated heterocycles. The van der Waals surface area contributed by atoms with Gasteiger partial charge in [0.25, 0.3) is 0 Å². The highest BCUT2D eigenvalue weighted by Gasteiger charge is 2.19. The highest BCUT2D eigenvalue weighted by atomic mass is 35.5. The number of carbonyl (C=O) groups excluding carboxylic acids is 1. The number of ketones is 1. The minimum absolute atomic E-state index is 0.00789. The summed E-state index contributed by atoms with van der Waals surface area (Å²) >= 11 is 11.6. The van der Waals surface area contributed by atoms with E-state index < -0.39 is 5.63 Å². The van der Waals surface area contributed by atoms with Crippen molar-refractivity contribution in [1.82, 2.24) is 0 Å². The minimum Gasteiger partial charge on any atom is -0.507 e. The number of hydrogen-bond acceptors (Lipinski definition) is 4. The number of phenols is 1. The first kappa shape index (κ1) is 12.9. The summed E-state index contributed by atoms with van der Waals surface area (Å²) in [6, 6.07) is 1.36. The number of halogens is 2. The number of rotatable bonds is 1. The van der Waals surface area contributed by atoms with Crippen molar-refractivity contribution in [3.05, 3.63) is 37.7 Å². The van der Waals surface area contributed by atoms with Crippen molar-refractivity contribution >= 4 is 40.0 Å². The van der Waals surface area contributed by atoms with Gasteiger partial charge in [-0.1, -0.05) is 23.2 Å². The molecule has 2 aromatic rings. The van der Waals surface area contributed by atoms with E-state index in [9.17, 15) is 14.7 Å². The van der Waals surface area contributed by atoms with Crippen molar-refractivity contribution in [3.8, 4) is 5.75 Å². The molecule has 0 radical (unpaired) electrons. The Morgan fingerprint density at radius 2 is 1.94 bits per heavy atom. The zero-order valence-electron chi connectivity index (χ0n) is 9.51. The molecular weight excluding hydrogens is 279 g/mol. The van der Waals surface area contributed by atoms with Gasteiger partial charge in [0.2, 0.25) is 0 Å². The van der Waals surface area contributed by atoms with Crippen molar-refractivity contribution in [2.24, 2.45) is 0 Å². The number of aromatic hydroxyl groups is 1. The van der Waals surface area contributed by atoms with Gasteiger partial charge in [0.05, 0.1) is 10.6 Å². The molecule has 0 saturated carbocycles. The van der Waals surface area contributed by atoms with Crippen LogP contribution in [0.4, 0.5) is 0 Å². The summed E-state index contributed by atoms with van der Waals surface area (Å²) in [5.41, 5.74) is -0.288. The van der Waals surface area contributed by atoms with Crippen molar-refractivity contribution in [1.29, 1.82) is 0 Å². The normalized spacial score (nSPS) is 10.9. The second-order valence-corrected chi connectivity index (χ2v) is 4.60. The number of carbonyl (C=O) groups is 1. The molecule has 94 valence electrons. The molecule has 1 heterocycles. The molecule has 1 aromatic heterocycles. The van der Waals surface area contributed by atoms with E-state index in [1.165, 1.54) is 19.9 Å². The number of Topliss-reactive ketones (excluding diaryl/α,β-unsaturated/α-hetero) is 1. The van der Waals surface area contributed by atoms with E-state index in [0.717, 1.165) is 0 Å². The Morgan fingerprint density at radius 3 is 2.50 bits per heavy atom. The van der Waals surface area contributed by atoms with Gasteiger partial charge in [0.1, 0.15) is 16.4 Å². The van der Waals surface area contributed by atoms with E-state index in [-0.39, 0.29) is 38.3 Å². The zero-order valence-corrected chi connectivity index (χ0v) is 11.0. The van der Waals surface area contributed by atoms with Crippen LogP contribution in [0.25, 0.3) is 11.0 Å². The molecule has 0 unspecified atom stereocenters. The standard InChI is InChI=1S/C12H8Cl2O4/c1-4-10(16)6(5(2)15)3-7-8(13)9(14)12(17)18-11(4)7/h3,16H,1-2H3. The Kier molecular flexibility index (Phi) is 3.09. The molecule has 0 spiro atoms. The van der Waals surface area contributed by atoms with Crippen LogP contribution in [0.3, 0.4) is 0 Å². The average molecular weight is 287 g/mol. The number of fused-ring (bicyclic) bond motifs is 1. The lowest BCUT2D eigenvalue weighted by Crippen LogP contribution is -2.03. The molecule has 0 aliphatic heterocycles. The van der Waals surface area contributed by atoms with E-state index >= 15 is 0 Å². The third-order valence-corrected chi connectivity index (χ3v) is 3.50. The minimum atomic E-state index is -0.785. The van der Waals surface area contributed by atoms with Crippen LogP contribution in [-0.4, -0.2) is 10.9 Å². The van der Waals surface area contributed by atoms with Crippen molar-refractivity contribution < 1.29 is 14.3 Å². The van der Waals surface area contributed by atoms with Gasteiger partial charge in [-0.05, 0) is 19.9 Å². The number of aryl methyl sites for hydroxylation is 1. The van der Waals surface area contributed by atoms with E-state index in [0.29, 0.717) is 5.39 Å². The lowest BCUT2D eigenvalue weighted by molar-refractivity contribution is 0.101. The molecule has 0 aliphatic carbocycles. The van der Waals surface area contributed by atoms with E-state index in [2.05, 4.69) is 0 Å². The van der Waals surface area contributed by atoms with Crippen LogP contribution in [0.1, 0.15) is 22.8 Å². The van der Waals surface area contributed by atoms with Gasteiger partial charge in [0.15, 0.2) is 5.78 Å². The Balaban J connectivity index is 3.05. The highest BCUT2D eigenvalue weighted by Crippen LogP contribution is 2.35. The SMILES string of the molecule is CC(=O)c1cc2c(Cl)c(Cl)c(=O)oc2c(C)c1O. The van der Waals surface area contributed by atoms with Crippen LogP contribution in [-0.2, 0) is 0 Å². The molecule has 0 amide bonds. The predicted octanol–water partition coefficient (Wildman–Crippen LogP) is 3.32. The Bertz CT molecular complexity index is 731. The maximum Gasteiger partial charge on any atom is 0.356 e. The molecule has 0 aliphatic rings. The van der Waals surface area contributed by atoms with Gasteiger partial charge in [-0.3, -0.25) is 4.79 Å². The highest BCUT2D eigenvalue weighted by molar-refractivity contribution is 6.45. The zero-order chi connectivity index (χ0) is 13.6. The van der Waals surface area contributed by atoms with Crippen molar-refractivity contribution in [2.75, 3.05) is 0 Å². The number of benzene rings is 1. The van der Waals surface area contributed by atoms with Gasteiger partial charge in [0, 0.05) is 10.9 Å². The molecule has 0 bridgehead atoms. The molecule has 18 heavy (non-hydrogen) atoms. The van der Waals surface area contributed by atoms with E-state index in [1.807, 2.05) is 0 Å². The van der Waals surface area contributed by atoms with Crippen LogP contribution in [0.2, 0.25) is 10.0 Å². The summed E-state index contributed by atoms with van der Waals surface area (Å²) in [4.78, 5) is 22.8. The van der Waals surface area contributed by atoms with Crippen LogP contribution in [0.15, 0.2) is 15.3 Å². The van der Waals surface area contributed by atoms with Gasteiger partial charge < -0.3 is 9.52 Å². The first-order valence-electron chi connectivity index (χ1n) is 5.00. The smallest absolute Gasteiger partial charge is 0.356 e. The Labute approximate surface area is 112 Å². The fourth-order valence-electron chi connectivity index (χ4n) is 1.70. The third-order valence-electron chi connectivity index (χ3n) is 2.67. The van der Waals surface area contributed by atoms with Crippen LogP contribution in [0, 0.1) is 6.92 Å². The lowest BCUT2D eigenvalue weighted by atomic mass is 10.0. The molecular formula is C12H8Cl2O4. The fraction of sp³-hybridized carbons (Fsp3) is 0.167. The first-order valence-corrected chi connectivity index (χ1v) is 5.75. The molecule has 1 aromatic carbocycles. The summed E-state index contributed by atoms with van der Waals surface area (Å²) in [6.45, 7) is 2.84. The summed E-state index contributed by atoms with van der Waals surface area (Å²) in [7, 11) is 0. The summed E-state index contributed by atoms with van der Waals surface area (Å²) in [6.07, 6.45) is 0. The van der Waals surface area contributed by atoms with E-state index in [4.69, 9.17) is 27.6 Å². The number of phenolic OH excluding ortho intramolecular Hbond substituents is 1. The topological polar surface area (TPSA) is 67.5 Å². The quantitative estimate of drug-likeness (QED) is 0.645. The molecule has 0 atom stereocenters. The van der Waals surface area contributed by atoms with Crippen molar-refractivity contribution in [3.63, 3.8) is 0 Å².